The average molecular weight is 216 g/mol. The molecule has 0 heterocycles. The van der Waals surface area contributed by atoms with Gasteiger partial charge in [-0.2, -0.15) is 0 Å². The first kappa shape index (κ1) is 15.9. The molecule has 0 aliphatic heterocycles. The molecule has 1 aromatic carbocycles. The summed E-state index contributed by atoms with van der Waals surface area (Å²) in [5.74, 6) is 0. The molecular weight excluding hydrogens is 194 g/mol. The lowest BCUT2D eigenvalue weighted by atomic mass is 9.96. The normalized spacial score (nSPS) is 8.79. The van der Waals surface area contributed by atoms with Crippen LogP contribution in [0.25, 0.3) is 0 Å². The van der Waals surface area contributed by atoms with Gasteiger partial charge in [-0.15, -0.1) is 0 Å². The van der Waals surface area contributed by atoms with Gasteiger partial charge in [0.15, 0.2) is 0 Å². The van der Waals surface area contributed by atoms with Gasteiger partial charge >= 0.3 is 0 Å². The second-order valence-electron chi connectivity index (χ2n) is 3.12. The fourth-order valence-corrected chi connectivity index (χ4v) is 1.80. The van der Waals surface area contributed by atoms with Crippen molar-refractivity contribution in [3.63, 3.8) is 0 Å². The summed E-state index contributed by atoms with van der Waals surface area (Å²) in [7, 11) is 0. The lowest BCUT2D eigenvalue weighted by Gasteiger charge is -2.10. The summed E-state index contributed by atoms with van der Waals surface area (Å²) in [4.78, 5) is 0. The predicted molar refractivity (Wildman–Crippen MR) is 60.6 cm³/mol. The summed E-state index contributed by atoms with van der Waals surface area (Å²) >= 11 is 0. The molecule has 0 radical (unpaired) electrons. The third-order valence-electron chi connectivity index (χ3n) is 2.49. The SMILES string of the molecule is CCc1cccc(CC)c1CC.[Cl-].[NH4+]. The van der Waals surface area contributed by atoms with Crippen LogP contribution < -0.4 is 18.6 Å². The van der Waals surface area contributed by atoms with E-state index in [2.05, 4.69) is 39.0 Å². The third kappa shape index (κ3) is 3.32. The quantitative estimate of drug-likeness (QED) is 0.773. The molecule has 14 heavy (non-hydrogen) atoms. The van der Waals surface area contributed by atoms with Crippen LogP contribution in [0, 0.1) is 0 Å². The van der Waals surface area contributed by atoms with Crippen LogP contribution in [0.3, 0.4) is 0 Å². The van der Waals surface area contributed by atoms with Crippen LogP contribution in [-0.2, 0) is 19.3 Å². The van der Waals surface area contributed by atoms with Crippen molar-refractivity contribution in [1.82, 2.24) is 6.15 Å². The van der Waals surface area contributed by atoms with Crippen LogP contribution in [-0.4, -0.2) is 0 Å². The van der Waals surface area contributed by atoms with E-state index in [1.807, 2.05) is 0 Å². The first-order valence-electron chi connectivity index (χ1n) is 4.93. The molecular formula is C12H22ClN. The molecule has 2 heteroatoms. The number of hydrogen-bond acceptors (Lipinski definition) is 0. The Morgan fingerprint density at radius 3 is 1.57 bits per heavy atom. The van der Waals surface area contributed by atoms with Gasteiger partial charge in [-0.05, 0) is 36.0 Å². The molecule has 0 atom stereocenters. The Morgan fingerprint density at radius 1 is 0.857 bits per heavy atom. The van der Waals surface area contributed by atoms with E-state index in [-0.39, 0.29) is 18.6 Å². The maximum atomic E-state index is 2.25. The second-order valence-corrected chi connectivity index (χ2v) is 3.12. The van der Waals surface area contributed by atoms with Crippen LogP contribution in [0.1, 0.15) is 37.5 Å². The number of halogens is 1. The fourth-order valence-electron chi connectivity index (χ4n) is 1.80. The zero-order chi connectivity index (χ0) is 8.97. The van der Waals surface area contributed by atoms with Gasteiger partial charge in [0, 0.05) is 0 Å². The lowest BCUT2D eigenvalue weighted by molar-refractivity contribution is -0.00000311. The van der Waals surface area contributed by atoms with Crippen molar-refractivity contribution in [1.29, 1.82) is 0 Å². The molecule has 0 saturated carbocycles. The molecule has 82 valence electrons. The molecule has 0 spiro atoms. The lowest BCUT2D eigenvalue weighted by Crippen LogP contribution is -3.00. The van der Waals surface area contributed by atoms with Crippen LogP contribution in [0.15, 0.2) is 18.2 Å². The van der Waals surface area contributed by atoms with E-state index in [0.29, 0.717) is 0 Å². The zero-order valence-electron chi connectivity index (χ0n) is 9.73. The van der Waals surface area contributed by atoms with Gasteiger partial charge in [-0.3, -0.25) is 0 Å². The van der Waals surface area contributed by atoms with E-state index in [0.717, 1.165) is 12.8 Å². The summed E-state index contributed by atoms with van der Waals surface area (Å²) in [5.41, 5.74) is 4.62. The topological polar surface area (TPSA) is 36.5 Å². The minimum Gasteiger partial charge on any atom is -1.00 e. The Labute approximate surface area is 93.9 Å². The molecule has 1 aromatic rings. The van der Waals surface area contributed by atoms with Gasteiger partial charge in [0.25, 0.3) is 0 Å². The van der Waals surface area contributed by atoms with Crippen LogP contribution in [0.2, 0.25) is 0 Å². The minimum absolute atomic E-state index is 0. The van der Waals surface area contributed by atoms with Crippen LogP contribution >= 0.6 is 0 Å². The van der Waals surface area contributed by atoms with Gasteiger partial charge < -0.3 is 18.6 Å². The Kier molecular flexibility index (Phi) is 8.91. The molecule has 0 unspecified atom stereocenters. The van der Waals surface area contributed by atoms with Crippen molar-refractivity contribution in [3.05, 3.63) is 34.9 Å². The van der Waals surface area contributed by atoms with E-state index in [4.69, 9.17) is 0 Å². The Balaban J connectivity index is 0. The molecule has 0 saturated heterocycles. The summed E-state index contributed by atoms with van der Waals surface area (Å²) in [6, 6.07) is 6.67. The largest absolute Gasteiger partial charge is 1.00 e. The van der Waals surface area contributed by atoms with Crippen LogP contribution in [0.5, 0.6) is 0 Å². The summed E-state index contributed by atoms with van der Waals surface area (Å²) in [6.07, 6.45) is 3.50. The second kappa shape index (κ2) is 7.84. The van der Waals surface area contributed by atoms with Crippen molar-refractivity contribution in [2.24, 2.45) is 0 Å². The smallest absolute Gasteiger partial charge is 0.0302 e. The van der Waals surface area contributed by atoms with Crippen LogP contribution in [0.4, 0.5) is 0 Å². The number of benzene rings is 1. The third-order valence-corrected chi connectivity index (χ3v) is 2.49. The van der Waals surface area contributed by atoms with Crippen molar-refractivity contribution in [2.75, 3.05) is 0 Å². The number of quaternary nitrogens is 1. The predicted octanol–water partition coefficient (Wildman–Crippen LogP) is 0.754. The van der Waals surface area contributed by atoms with Gasteiger partial charge in [0.1, 0.15) is 0 Å². The van der Waals surface area contributed by atoms with Gasteiger partial charge in [0.05, 0.1) is 0 Å². The maximum Gasteiger partial charge on any atom is -0.0302 e. The molecule has 1 rings (SSSR count). The van der Waals surface area contributed by atoms with Gasteiger partial charge in [0.2, 0.25) is 0 Å². The highest BCUT2D eigenvalue weighted by molar-refractivity contribution is 5.35. The summed E-state index contributed by atoms with van der Waals surface area (Å²) in [6.45, 7) is 6.70. The highest BCUT2D eigenvalue weighted by atomic mass is 35.5. The molecule has 0 aliphatic carbocycles. The molecule has 0 aromatic heterocycles. The molecule has 4 N–H and O–H groups in total. The monoisotopic (exact) mass is 215 g/mol. The number of rotatable bonds is 3. The molecule has 0 bridgehead atoms. The van der Waals surface area contributed by atoms with Crippen molar-refractivity contribution in [2.45, 2.75) is 40.0 Å². The van der Waals surface area contributed by atoms with Crippen molar-refractivity contribution in [3.8, 4) is 0 Å². The zero-order valence-corrected chi connectivity index (χ0v) is 10.5. The summed E-state index contributed by atoms with van der Waals surface area (Å²) < 4.78 is 0. The first-order valence-corrected chi connectivity index (χ1v) is 4.93. The van der Waals surface area contributed by atoms with E-state index < -0.39 is 0 Å². The van der Waals surface area contributed by atoms with Crippen molar-refractivity contribution >= 4 is 0 Å². The molecule has 0 amide bonds. The molecule has 1 nitrogen and oxygen atoms in total. The van der Waals surface area contributed by atoms with E-state index in [9.17, 15) is 0 Å². The summed E-state index contributed by atoms with van der Waals surface area (Å²) in [5, 5.41) is 0. The number of hydrogen-bond donors (Lipinski definition) is 1. The van der Waals surface area contributed by atoms with E-state index in [1.165, 1.54) is 17.5 Å². The molecule has 0 aliphatic rings. The highest BCUT2D eigenvalue weighted by Crippen LogP contribution is 2.16. The van der Waals surface area contributed by atoms with E-state index >= 15 is 0 Å². The van der Waals surface area contributed by atoms with Gasteiger partial charge in [-0.25, -0.2) is 0 Å². The highest BCUT2D eigenvalue weighted by Gasteiger charge is 2.02. The standard InChI is InChI=1S/C12H18.ClH.H3N/c1-4-10-8-7-9-11(5-2)12(10)6-3;;/h7-9H,4-6H2,1-3H3;1H;1H3. The Hall–Kier alpha value is -0.530. The number of aryl methyl sites for hydroxylation is 2. The van der Waals surface area contributed by atoms with Crippen molar-refractivity contribution < 1.29 is 12.4 Å². The maximum absolute atomic E-state index is 2.25. The van der Waals surface area contributed by atoms with E-state index in [1.54, 1.807) is 5.56 Å². The fraction of sp³-hybridized carbons (Fsp3) is 0.500. The average Bonchev–Trinajstić information content (AvgIpc) is 2.16. The Morgan fingerprint density at radius 2 is 1.29 bits per heavy atom. The minimum atomic E-state index is 0. The first-order chi connectivity index (χ1) is 5.83. The van der Waals surface area contributed by atoms with Gasteiger partial charge in [-0.1, -0.05) is 39.0 Å². The Bertz CT molecular complexity index is 236. The molecule has 0 fully saturated rings.